The predicted octanol–water partition coefficient (Wildman–Crippen LogP) is 1.59. The fraction of sp³-hybridized carbons (Fsp3) is 0.438. The average molecular weight is 300 g/mol. The molecule has 0 saturated carbocycles. The molecule has 2 aromatic rings. The number of ether oxygens (including phenoxy) is 1. The van der Waals surface area contributed by atoms with Gasteiger partial charge in [-0.1, -0.05) is 0 Å². The van der Waals surface area contributed by atoms with Gasteiger partial charge in [-0.05, 0) is 30.5 Å². The number of amides is 1. The number of rotatable bonds is 4. The summed E-state index contributed by atoms with van der Waals surface area (Å²) >= 11 is 0. The highest BCUT2D eigenvalue weighted by atomic mass is 16.5. The van der Waals surface area contributed by atoms with Crippen molar-refractivity contribution < 1.29 is 9.53 Å². The van der Waals surface area contributed by atoms with E-state index in [1.54, 1.807) is 19.4 Å². The number of fused-ring (bicyclic) bond motifs is 1. The van der Waals surface area contributed by atoms with Crippen molar-refractivity contribution in [1.29, 1.82) is 0 Å². The zero-order chi connectivity index (χ0) is 15.4. The van der Waals surface area contributed by atoms with Crippen LogP contribution >= 0.6 is 0 Å². The molecule has 0 saturated heterocycles. The first-order valence-electron chi connectivity index (χ1n) is 7.47. The van der Waals surface area contributed by atoms with Crippen LogP contribution in [0.4, 0.5) is 0 Å². The Hall–Kier alpha value is -2.21. The van der Waals surface area contributed by atoms with Crippen molar-refractivity contribution in [2.45, 2.75) is 19.5 Å². The Kier molecular flexibility index (Phi) is 4.48. The Bertz CT molecular complexity index is 626. The SMILES string of the molecule is COCCC1CN(C(=O)c2ccnnc2)Cc2cccn2C1. The maximum Gasteiger partial charge on any atom is 0.255 e. The number of hydrogen-bond donors (Lipinski definition) is 0. The van der Waals surface area contributed by atoms with Gasteiger partial charge in [0, 0.05) is 38.7 Å². The Morgan fingerprint density at radius 1 is 1.36 bits per heavy atom. The molecule has 116 valence electrons. The number of nitrogens with zero attached hydrogens (tertiary/aromatic N) is 4. The molecule has 3 heterocycles. The molecule has 2 aromatic heterocycles. The van der Waals surface area contributed by atoms with Crippen molar-refractivity contribution in [1.82, 2.24) is 19.7 Å². The van der Waals surface area contributed by atoms with Crippen LogP contribution in [0.2, 0.25) is 0 Å². The van der Waals surface area contributed by atoms with Gasteiger partial charge in [0.1, 0.15) is 0 Å². The Balaban J connectivity index is 1.82. The molecule has 0 N–H and O–H groups in total. The van der Waals surface area contributed by atoms with Crippen LogP contribution in [0.3, 0.4) is 0 Å². The average Bonchev–Trinajstić information content (AvgIpc) is 2.91. The number of aromatic nitrogens is 3. The van der Waals surface area contributed by atoms with E-state index in [1.165, 1.54) is 6.20 Å². The summed E-state index contributed by atoms with van der Waals surface area (Å²) < 4.78 is 7.44. The summed E-state index contributed by atoms with van der Waals surface area (Å²) in [6.45, 7) is 2.98. The van der Waals surface area contributed by atoms with E-state index < -0.39 is 0 Å². The van der Waals surface area contributed by atoms with Gasteiger partial charge in [-0.2, -0.15) is 10.2 Å². The fourth-order valence-corrected chi connectivity index (χ4v) is 2.90. The molecular formula is C16H20N4O2. The van der Waals surface area contributed by atoms with E-state index in [2.05, 4.69) is 27.0 Å². The second-order valence-electron chi connectivity index (χ2n) is 5.62. The molecule has 0 aliphatic carbocycles. The van der Waals surface area contributed by atoms with E-state index in [0.29, 0.717) is 24.6 Å². The largest absolute Gasteiger partial charge is 0.385 e. The van der Waals surface area contributed by atoms with Gasteiger partial charge in [0.05, 0.1) is 24.5 Å². The number of carbonyl (C=O) groups is 1. The van der Waals surface area contributed by atoms with Gasteiger partial charge in [0.15, 0.2) is 0 Å². The van der Waals surface area contributed by atoms with Gasteiger partial charge < -0.3 is 14.2 Å². The number of hydrogen-bond acceptors (Lipinski definition) is 4. The lowest BCUT2D eigenvalue weighted by atomic mass is 10.1. The molecule has 0 fully saturated rings. The van der Waals surface area contributed by atoms with Crippen LogP contribution in [0.1, 0.15) is 22.5 Å². The molecule has 1 unspecified atom stereocenters. The van der Waals surface area contributed by atoms with Crippen molar-refractivity contribution in [2.75, 3.05) is 20.3 Å². The van der Waals surface area contributed by atoms with Gasteiger partial charge in [0.2, 0.25) is 0 Å². The maximum atomic E-state index is 12.7. The summed E-state index contributed by atoms with van der Waals surface area (Å²) in [7, 11) is 1.71. The normalized spacial score (nSPS) is 17.9. The van der Waals surface area contributed by atoms with Crippen LogP contribution in [0.25, 0.3) is 0 Å². The molecule has 1 atom stereocenters. The van der Waals surface area contributed by atoms with E-state index in [0.717, 1.165) is 25.2 Å². The highest BCUT2D eigenvalue weighted by Gasteiger charge is 2.25. The van der Waals surface area contributed by atoms with Crippen LogP contribution in [0.15, 0.2) is 36.8 Å². The molecule has 0 bridgehead atoms. The number of carbonyl (C=O) groups excluding carboxylic acids is 1. The summed E-state index contributed by atoms with van der Waals surface area (Å²) in [6, 6.07) is 5.82. The summed E-state index contributed by atoms with van der Waals surface area (Å²) in [4.78, 5) is 14.6. The van der Waals surface area contributed by atoms with Gasteiger partial charge >= 0.3 is 0 Å². The summed E-state index contributed by atoms with van der Waals surface area (Å²) in [6.07, 6.45) is 6.09. The topological polar surface area (TPSA) is 60.2 Å². The van der Waals surface area contributed by atoms with E-state index in [-0.39, 0.29) is 5.91 Å². The zero-order valence-corrected chi connectivity index (χ0v) is 12.7. The van der Waals surface area contributed by atoms with Crippen molar-refractivity contribution >= 4 is 5.91 Å². The lowest BCUT2D eigenvalue weighted by Gasteiger charge is -2.24. The first-order valence-corrected chi connectivity index (χ1v) is 7.47. The Morgan fingerprint density at radius 2 is 2.27 bits per heavy atom. The molecule has 22 heavy (non-hydrogen) atoms. The minimum absolute atomic E-state index is 0.00645. The third-order valence-electron chi connectivity index (χ3n) is 4.06. The van der Waals surface area contributed by atoms with E-state index in [1.807, 2.05) is 11.0 Å². The zero-order valence-electron chi connectivity index (χ0n) is 12.7. The minimum Gasteiger partial charge on any atom is -0.385 e. The molecule has 1 amide bonds. The summed E-state index contributed by atoms with van der Waals surface area (Å²) in [5.74, 6) is 0.388. The molecular weight excluding hydrogens is 280 g/mol. The van der Waals surface area contributed by atoms with Crippen LogP contribution in [0.5, 0.6) is 0 Å². The van der Waals surface area contributed by atoms with Crippen molar-refractivity contribution in [3.8, 4) is 0 Å². The van der Waals surface area contributed by atoms with E-state index in [9.17, 15) is 4.79 Å². The predicted molar refractivity (Wildman–Crippen MR) is 81.2 cm³/mol. The Labute approximate surface area is 129 Å². The first-order chi connectivity index (χ1) is 10.8. The van der Waals surface area contributed by atoms with E-state index in [4.69, 9.17) is 4.74 Å². The van der Waals surface area contributed by atoms with Crippen LogP contribution < -0.4 is 0 Å². The van der Waals surface area contributed by atoms with Crippen LogP contribution in [0, 0.1) is 5.92 Å². The fourth-order valence-electron chi connectivity index (χ4n) is 2.90. The highest BCUT2D eigenvalue weighted by Crippen LogP contribution is 2.21. The van der Waals surface area contributed by atoms with Crippen molar-refractivity contribution in [2.24, 2.45) is 5.92 Å². The molecule has 0 spiro atoms. The number of methoxy groups -OCH3 is 1. The summed E-state index contributed by atoms with van der Waals surface area (Å²) in [5, 5.41) is 7.54. The molecule has 1 aliphatic rings. The third kappa shape index (κ3) is 3.17. The smallest absolute Gasteiger partial charge is 0.255 e. The summed E-state index contributed by atoms with van der Waals surface area (Å²) in [5.41, 5.74) is 1.75. The standard InChI is InChI=1S/C16H20N4O2/c1-22-8-5-13-10-19-7-2-3-15(19)12-20(11-13)16(21)14-4-6-17-18-9-14/h2-4,6-7,9,13H,5,8,10-12H2,1H3. The molecule has 1 aliphatic heterocycles. The first kappa shape index (κ1) is 14.7. The van der Waals surface area contributed by atoms with Gasteiger partial charge in [-0.3, -0.25) is 4.79 Å². The molecule has 6 heteroatoms. The lowest BCUT2D eigenvalue weighted by molar-refractivity contribution is 0.0704. The van der Waals surface area contributed by atoms with Crippen molar-refractivity contribution in [3.63, 3.8) is 0 Å². The van der Waals surface area contributed by atoms with Crippen LogP contribution in [-0.4, -0.2) is 45.8 Å². The molecule has 0 aromatic carbocycles. The van der Waals surface area contributed by atoms with Gasteiger partial charge in [0.25, 0.3) is 5.91 Å². The van der Waals surface area contributed by atoms with Gasteiger partial charge in [-0.25, -0.2) is 0 Å². The Morgan fingerprint density at radius 3 is 3.05 bits per heavy atom. The maximum absolute atomic E-state index is 12.7. The highest BCUT2D eigenvalue weighted by molar-refractivity contribution is 5.93. The quantitative estimate of drug-likeness (QED) is 0.860. The van der Waals surface area contributed by atoms with E-state index >= 15 is 0 Å². The van der Waals surface area contributed by atoms with Crippen LogP contribution in [-0.2, 0) is 17.8 Å². The minimum atomic E-state index is 0.00645. The lowest BCUT2D eigenvalue weighted by Crippen LogP contribution is -2.34. The second-order valence-corrected chi connectivity index (χ2v) is 5.62. The third-order valence-corrected chi connectivity index (χ3v) is 4.06. The molecule has 0 radical (unpaired) electrons. The molecule has 3 rings (SSSR count). The van der Waals surface area contributed by atoms with Crippen molar-refractivity contribution in [3.05, 3.63) is 48.0 Å². The monoisotopic (exact) mass is 300 g/mol. The van der Waals surface area contributed by atoms with Gasteiger partial charge in [-0.15, -0.1) is 0 Å². The molecule has 6 nitrogen and oxygen atoms in total. The second kappa shape index (κ2) is 6.70.